The molecule has 1 saturated heterocycles. The Bertz CT molecular complexity index is 626. The molecule has 0 saturated carbocycles. The molecule has 1 fully saturated rings. The van der Waals surface area contributed by atoms with Crippen LogP contribution >= 0.6 is 0 Å². The van der Waals surface area contributed by atoms with E-state index < -0.39 is 0 Å². The molecule has 1 aliphatic rings. The van der Waals surface area contributed by atoms with E-state index in [0.29, 0.717) is 6.54 Å². The van der Waals surface area contributed by atoms with Crippen molar-refractivity contribution in [2.75, 3.05) is 13.1 Å². The fraction of sp³-hybridized carbons (Fsp3) is 0.389. The third kappa shape index (κ3) is 5.03. The van der Waals surface area contributed by atoms with Gasteiger partial charge in [-0.05, 0) is 42.7 Å². The van der Waals surface area contributed by atoms with Gasteiger partial charge >= 0.3 is 6.03 Å². The Kier molecular flexibility index (Phi) is 5.74. The van der Waals surface area contributed by atoms with Gasteiger partial charge in [-0.3, -0.25) is 14.9 Å². The number of hydrogen-bond acceptors (Lipinski definition) is 4. The largest absolute Gasteiger partial charge is 0.335 e. The number of piperidine rings is 1. The number of nitrogens with one attached hydrogen (secondary N) is 2. The molecule has 2 amide bonds. The molecule has 0 aliphatic carbocycles. The number of carbonyl (C=O) groups excluding carboxylic acids is 1. The highest BCUT2D eigenvalue weighted by Crippen LogP contribution is 2.12. The highest BCUT2D eigenvalue weighted by atomic mass is 16.2. The lowest BCUT2D eigenvalue weighted by atomic mass is 10.1. The summed E-state index contributed by atoms with van der Waals surface area (Å²) in [5.74, 6) is 0. The predicted molar refractivity (Wildman–Crippen MR) is 92.1 cm³/mol. The molecule has 0 atom stereocenters. The lowest BCUT2D eigenvalue weighted by Gasteiger charge is -2.32. The first-order valence-electron chi connectivity index (χ1n) is 8.35. The smallest absolute Gasteiger partial charge is 0.315 e. The molecule has 6 nitrogen and oxygen atoms in total. The van der Waals surface area contributed by atoms with Gasteiger partial charge in [0, 0.05) is 50.8 Å². The number of nitrogens with zero attached hydrogens (tertiary/aromatic N) is 3. The summed E-state index contributed by atoms with van der Waals surface area (Å²) >= 11 is 0. The second-order valence-electron chi connectivity index (χ2n) is 6.05. The topological polar surface area (TPSA) is 70.2 Å². The van der Waals surface area contributed by atoms with Crippen molar-refractivity contribution >= 4 is 6.03 Å². The maximum atomic E-state index is 12.0. The summed E-state index contributed by atoms with van der Waals surface area (Å²) < 4.78 is 0. The minimum Gasteiger partial charge on any atom is -0.335 e. The zero-order valence-electron chi connectivity index (χ0n) is 13.7. The summed E-state index contributed by atoms with van der Waals surface area (Å²) in [6.45, 7) is 3.35. The molecule has 0 aromatic carbocycles. The molecule has 0 unspecified atom stereocenters. The second kappa shape index (κ2) is 8.40. The number of amides is 2. The summed E-state index contributed by atoms with van der Waals surface area (Å²) in [6.07, 6.45) is 7.22. The monoisotopic (exact) mass is 325 g/mol. The van der Waals surface area contributed by atoms with Crippen molar-refractivity contribution in [3.05, 3.63) is 60.2 Å². The van der Waals surface area contributed by atoms with Gasteiger partial charge in [-0.25, -0.2) is 4.79 Å². The van der Waals surface area contributed by atoms with E-state index in [2.05, 4.69) is 31.6 Å². The van der Waals surface area contributed by atoms with Crippen molar-refractivity contribution in [1.82, 2.24) is 25.5 Å². The van der Waals surface area contributed by atoms with Gasteiger partial charge < -0.3 is 10.6 Å². The van der Waals surface area contributed by atoms with Crippen LogP contribution in [0.15, 0.2) is 48.9 Å². The first-order valence-corrected chi connectivity index (χ1v) is 8.35. The number of rotatable bonds is 5. The maximum Gasteiger partial charge on any atom is 0.315 e. The van der Waals surface area contributed by atoms with Crippen molar-refractivity contribution in [1.29, 1.82) is 0 Å². The predicted octanol–water partition coefficient (Wildman–Crippen LogP) is 1.94. The third-order valence-electron chi connectivity index (χ3n) is 4.24. The Hall–Kier alpha value is -2.47. The molecule has 2 N–H and O–H groups in total. The first-order chi connectivity index (χ1) is 11.8. The summed E-state index contributed by atoms with van der Waals surface area (Å²) in [5, 5.41) is 5.96. The lowest BCUT2D eigenvalue weighted by Crippen LogP contribution is -2.47. The molecule has 1 aliphatic heterocycles. The van der Waals surface area contributed by atoms with Crippen LogP contribution in [0.1, 0.15) is 24.1 Å². The minimum atomic E-state index is -0.102. The number of pyridine rings is 2. The SMILES string of the molecule is O=C(NCc1ccncc1)NC1CCN(Cc2ccccn2)CC1. The molecule has 2 aromatic rings. The standard InChI is InChI=1S/C18H23N5O/c24-18(21-13-15-4-9-19-10-5-15)22-16-6-11-23(12-7-16)14-17-3-1-2-8-20-17/h1-5,8-10,16H,6-7,11-14H2,(H2,21,22,24). The third-order valence-corrected chi connectivity index (χ3v) is 4.24. The highest BCUT2D eigenvalue weighted by Gasteiger charge is 2.20. The second-order valence-corrected chi connectivity index (χ2v) is 6.05. The number of carbonyl (C=O) groups is 1. The molecule has 3 rings (SSSR count). The maximum absolute atomic E-state index is 12.0. The van der Waals surface area contributed by atoms with Crippen LogP contribution in [-0.4, -0.2) is 40.0 Å². The molecule has 24 heavy (non-hydrogen) atoms. The molecule has 0 bridgehead atoms. The van der Waals surface area contributed by atoms with Gasteiger partial charge in [-0.1, -0.05) is 6.07 Å². The van der Waals surface area contributed by atoms with Crippen LogP contribution in [-0.2, 0) is 13.1 Å². The zero-order valence-corrected chi connectivity index (χ0v) is 13.7. The Balaban J connectivity index is 1.36. The minimum absolute atomic E-state index is 0.102. The van der Waals surface area contributed by atoms with Gasteiger partial charge in [0.05, 0.1) is 5.69 Å². The van der Waals surface area contributed by atoms with Gasteiger partial charge in [0.15, 0.2) is 0 Å². The molecule has 126 valence electrons. The van der Waals surface area contributed by atoms with Gasteiger partial charge in [-0.2, -0.15) is 0 Å². The van der Waals surface area contributed by atoms with Crippen LogP contribution in [0.25, 0.3) is 0 Å². The number of likely N-dealkylation sites (tertiary alicyclic amines) is 1. The van der Waals surface area contributed by atoms with Gasteiger partial charge in [0.1, 0.15) is 0 Å². The van der Waals surface area contributed by atoms with E-state index >= 15 is 0 Å². The van der Waals surface area contributed by atoms with Crippen molar-refractivity contribution < 1.29 is 4.79 Å². The normalized spacial score (nSPS) is 15.8. The summed E-state index contributed by atoms with van der Waals surface area (Å²) in [5.41, 5.74) is 2.14. The molecule has 0 spiro atoms. The number of hydrogen-bond donors (Lipinski definition) is 2. The van der Waals surface area contributed by atoms with Crippen LogP contribution in [0.4, 0.5) is 4.79 Å². The van der Waals surface area contributed by atoms with Crippen molar-refractivity contribution in [3.63, 3.8) is 0 Å². The summed E-state index contributed by atoms with van der Waals surface area (Å²) in [6, 6.07) is 9.94. The van der Waals surface area contributed by atoms with E-state index in [1.807, 2.05) is 30.5 Å². The van der Waals surface area contributed by atoms with Crippen LogP contribution in [0.3, 0.4) is 0 Å². The van der Waals surface area contributed by atoms with E-state index in [-0.39, 0.29) is 12.1 Å². The molecule has 2 aromatic heterocycles. The lowest BCUT2D eigenvalue weighted by molar-refractivity contribution is 0.185. The van der Waals surface area contributed by atoms with Crippen LogP contribution in [0.2, 0.25) is 0 Å². The molecule has 6 heteroatoms. The molecular weight excluding hydrogens is 302 g/mol. The van der Waals surface area contributed by atoms with Gasteiger partial charge in [0.25, 0.3) is 0 Å². The van der Waals surface area contributed by atoms with Crippen molar-refractivity contribution in [2.24, 2.45) is 0 Å². The number of aromatic nitrogens is 2. The first kappa shape index (κ1) is 16.4. The van der Waals surface area contributed by atoms with E-state index in [9.17, 15) is 4.79 Å². The van der Waals surface area contributed by atoms with E-state index in [1.54, 1.807) is 12.4 Å². The average molecular weight is 325 g/mol. The molecule has 0 radical (unpaired) electrons. The Morgan fingerprint density at radius 2 is 1.92 bits per heavy atom. The van der Waals surface area contributed by atoms with Crippen LogP contribution in [0, 0.1) is 0 Å². The van der Waals surface area contributed by atoms with Crippen molar-refractivity contribution in [3.8, 4) is 0 Å². The fourth-order valence-electron chi connectivity index (χ4n) is 2.88. The Labute approximate surface area is 142 Å². The number of urea groups is 1. The summed E-state index contributed by atoms with van der Waals surface area (Å²) in [4.78, 5) is 22.7. The summed E-state index contributed by atoms with van der Waals surface area (Å²) in [7, 11) is 0. The average Bonchev–Trinajstić information content (AvgIpc) is 2.63. The van der Waals surface area contributed by atoms with Gasteiger partial charge in [-0.15, -0.1) is 0 Å². The van der Waals surface area contributed by atoms with Crippen LogP contribution in [0.5, 0.6) is 0 Å². The zero-order chi connectivity index (χ0) is 16.6. The van der Waals surface area contributed by atoms with E-state index in [4.69, 9.17) is 0 Å². The fourth-order valence-corrected chi connectivity index (χ4v) is 2.88. The van der Waals surface area contributed by atoms with Crippen LogP contribution < -0.4 is 10.6 Å². The Morgan fingerprint density at radius 3 is 2.62 bits per heavy atom. The van der Waals surface area contributed by atoms with E-state index in [0.717, 1.165) is 43.7 Å². The van der Waals surface area contributed by atoms with E-state index in [1.165, 1.54) is 0 Å². The van der Waals surface area contributed by atoms with Gasteiger partial charge in [0.2, 0.25) is 0 Å². The Morgan fingerprint density at radius 1 is 1.12 bits per heavy atom. The quantitative estimate of drug-likeness (QED) is 0.881. The van der Waals surface area contributed by atoms with Crippen molar-refractivity contribution in [2.45, 2.75) is 32.0 Å². The molecule has 3 heterocycles. The highest BCUT2D eigenvalue weighted by molar-refractivity contribution is 5.74. The molecular formula is C18H23N5O.